The zero-order valence-corrected chi connectivity index (χ0v) is 9.50. The second-order valence-corrected chi connectivity index (χ2v) is 4.58. The van der Waals surface area contributed by atoms with Crippen LogP contribution >= 0.6 is 11.3 Å². The minimum absolute atomic E-state index is 0.0859. The van der Waals surface area contributed by atoms with E-state index in [0.29, 0.717) is 5.01 Å². The van der Waals surface area contributed by atoms with Crippen molar-refractivity contribution in [1.82, 2.24) is 4.98 Å². The number of thiazole rings is 1. The standard InChI is InChI=1S/C9H12N2O5S/c10-8(15)3-2-17-9(11-3)7-6(14)5(13)4(1-12)16-7/h2,4-7,12-14H,1H2,(H2,10,15)/t4-,5+,6-,7-/m0/s1. The Balaban J connectivity index is 2.19. The summed E-state index contributed by atoms with van der Waals surface area (Å²) < 4.78 is 5.26. The lowest BCUT2D eigenvalue weighted by atomic mass is 10.1. The van der Waals surface area contributed by atoms with Crippen molar-refractivity contribution in [3.8, 4) is 0 Å². The zero-order chi connectivity index (χ0) is 12.6. The molecule has 0 unspecified atom stereocenters. The van der Waals surface area contributed by atoms with E-state index in [9.17, 15) is 15.0 Å². The lowest BCUT2D eigenvalue weighted by Crippen LogP contribution is -2.32. The Labute approximate surface area is 100 Å². The van der Waals surface area contributed by atoms with Crippen LogP contribution in [0.25, 0.3) is 0 Å². The molecule has 2 rings (SSSR count). The largest absolute Gasteiger partial charge is 0.394 e. The predicted molar refractivity (Wildman–Crippen MR) is 57.3 cm³/mol. The average Bonchev–Trinajstić information content (AvgIpc) is 2.87. The number of aliphatic hydroxyl groups excluding tert-OH is 3. The molecule has 0 aliphatic carbocycles. The van der Waals surface area contributed by atoms with Gasteiger partial charge in [-0.1, -0.05) is 0 Å². The van der Waals surface area contributed by atoms with E-state index < -0.39 is 36.9 Å². The number of nitrogens with two attached hydrogens (primary N) is 1. The van der Waals surface area contributed by atoms with Gasteiger partial charge in [-0.25, -0.2) is 4.98 Å². The van der Waals surface area contributed by atoms with E-state index in [4.69, 9.17) is 15.6 Å². The molecule has 5 N–H and O–H groups in total. The van der Waals surface area contributed by atoms with Crippen LogP contribution in [-0.2, 0) is 4.74 Å². The number of ether oxygens (including phenoxy) is 1. The molecule has 1 aromatic heterocycles. The number of nitrogens with zero attached hydrogens (tertiary/aromatic N) is 1. The van der Waals surface area contributed by atoms with Crippen LogP contribution in [0.2, 0.25) is 0 Å². The highest BCUT2D eigenvalue weighted by Gasteiger charge is 2.44. The third-order valence-electron chi connectivity index (χ3n) is 2.56. The Kier molecular flexibility index (Phi) is 3.40. The summed E-state index contributed by atoms with van der Waals surface area (Å²) in [6.07, 6.45) is -4.05. The first kappa shape index (κ1) is 12.4. The summed E-state index contributed by atoms with van der Waals surface area (Å²) in [4.78, 5) is 14.8. The molecule has 1 saturated heterocycles. The Morgan fingerprint density at radius 2 is 2.24 bits per heavy atom. The first-order valence-electron chi connectivity index (χ1n) is 4.92. The molecular weight excluding hydrogens is 248 g/mol. The van der Waals surface area contributed by atoms with Crippen LogP contribution in [0.1, 0.15) is 21.6 Å². The van der Waals surface area contributed by atoms with Crippen LogP contribution < -0.4 is 5.73 Å². The molecule has 0 radical (unpaired) electrons. The fourth-order valence-electron chi connectivity index (χ4n) is 1.64. The number of primary amides is 1. The van der Waals surface area contributed by atoms with Crippen LogP contribution in [-0.4, -0.2) is 51.1 Å². The number of rotatable bonds is 3. The number of aromatic nitrogens is 1. The molecule has 17 heavy (non-hydrogen) atoms. The van der Waals surface area contributed by atoms with Gasteiger partial charge < -0.3 is 25.8 Å². The van der Waals surface area contributed by atoms with E-state index in [2.05, 4.69) is 4.98 Å². The van der Waals surface area contributed by atoms with E-state index in [-0.39, 0.29) is 5.69 Å². The molecule has 1 fully saturated rings. The van der Waals surface area contributed by atoms with E-state index in [1.54, 1.807) is 0 Å². The molecule has 1 aliphatic heterocycles. The topological polar surface area (TPSA) is 126 Å². The first-order valence-corrected chi connectivity index (χ1v) is 5.80. The fourth-order valence-corrected chi connectivity index (χ4v) is 2.52. The molecule has 7 nitrogen and oxygen atoms in total. The van der Waals surface area contributed by atoms with Crippen LogP contribution in [0, 0.1) is 0 Å². The number of carbonyl (C=O) groups is 1. The highest BCUT2D eigenvalue weighted by Crippen LogP contribution is 2.34. The van der Waals surface area contributed by atoms with Crippen LogP contribution in [0.3, 0.4) is 0 Å². The molecule has 0 bridgehead atoms. The number of aliphatic hydroxyl groups is 3. The monoisotopic (exact) mass is 260 g/mol. The van der Waals surface area contributed by atoms with Crippen LogP contribution in [0.5, 0.6) is 0 Å². The number of hydrogen-bond acceptors (Lipinski definition) is 7. The molecule has 1 aromatic rings. The van der Waals surface area contributed by atoms with Gasteiger partial charge in [-0.05, 0) is 0 Å². The molecule has 1 aliphatic rings. The maximum absolute atomic E-state index is 10.9. The molecule has 4 atom stereocenters. The van der Waals surface area contributed by atoms with Crippen LogP contribution in [0.15, 0.2) is 5.38 Å². The van der Waals surface area contributed by atoms with Crippen molar-refractivity contribution in [3.63, 3.8) is 0 Å². The van der Waals surface area contributed by atoms with Gasteiger partial charge in [0.15, 0.2) is 0 Å². The second kappa shape index (κ2) is 4.67. The van der Waals surface area contributed by atoms with Gasteiger partial charge in [0.2, 0.25) is 0 Å². The molecule has 0 aromatic carbocycles. The van der Waals surface area contributed by atoms with Gasteiger partial charge in [0.1, 0.15) is 35.1 Å². The molecule has 2 heterocycles. The van der Waals surface area contributed by atoms with Gasteiger partial charge in [0, 0.05) is 5.38 Å². The molecule has 94 valence electrons. The highest BCUT2D eigenvalue weighted by molar-refractivity contribution is 7.09. The minimum Gasteiger partial charge on any atom is -0.394 e. The van der Waals surface area contributed by atoms with Gasteiger partial charge in [-0.2, -0.15) is 0 Å². The first-order chi connectivity index (χ1) is 8.04. The zero-order valence-electron chi connectivity index (χ0n) is 8.68. The summed E-state index contributed by atoms with van der Waals surface area (Å²) in [6.45, 7) is -0.400. The summed E-state index contributed by atoms with van der Waals surface area (Å²) in [5, 5.41) is 30.0. The fraction of sp³-hybridized carbons (Fsp3) is 0.556. The Hall–Kier alpha value is -1.06. The third-order valence-corrected chi connectivity index (χ3v) is 3.47. The lowest BCUT2D eigenvalue weighted by Gasteiger charge is -2.11. The maximum atomic E-state index is 10.9. The summed E-state index contributed by atoms with van der Waals surface area (Å²) in [7, 11) is 0. The van der Waals surface area contributed by atoms with Crippen molar-refractivity contribution in [1.29, 1.82) is 0 Å². The van der Waals surface area contributed by atoms with Gasteiger partial charge in [0.05, 0.1) is 6.61 Å². The summed E-state index contributed by atoms with van der Waals surface area (Å²) in [6, 6.07) is 0. The minimum atomic E-state index is -1.18. The van der Waals surface area contributed by atoms with Crippen molar-refractivity contribution >= 4 is 17.2 Å². The van der Waals surface area contributed by atoms with Crippen molar-refractivity contribution in [2.45, 2.75) is 24.4 Å². The normalized spacial score (nSPS) is 32.9. The lowest BCUT2D eigenvalue weighted by molar-refractivity contribution is -0.0228. The van der Waals surface area contributed by atoms with Crippen LogP contribution in [0.4, 0.5) is 0 Å². The smallest absolute Gasteiger partial charge is 0.268 e. The third kappa shape index (κ3) is 2.17. The maximum Gasteiger partial charge on any atom is 0.268 e. The summed E-state index contributed by atoms with van der Waals surface area (Å²) >= 11 is 1.10. The van der Waals surface area contributed by atoms with E-state index in [0.717, 1.165) is 11.3 Å². The summed E-state index contributed by atoms with van der Waals surface area (Å²) in [5.74, 6) is -0.667. The molecule has 1 amide bonds. The molecular formula is C9H12N2O5S. The van der Waals surface area contributed by atoms with E-state index in [1.165, 1.54) is 5.38 Å². The van der Waals surface area contributed by atoms with E-state index in [1.807, 2.05) is 0 Å². The molecule has 0 spiro atoms. The Morgan fingerprint density at radius 3 is 2.71 bits per heavy atom. The second-order valence-electron chi connectivity index (χ2n) is 3.69. The summed E-state index contributed by atoms with van der Waals surface area (Å²) in [5.41, 5.74) is 5.14. The van der Waals surface area contributed by atoms with Crippen molar-refractivity contribution < 1.29 is 24.9 Å². The van der Waals surface area contributed by atoms with Gasteiger partial charge in [-0.15, -0.1) is 11.3 Å². The SMILES string of the molecule is NC(=O)c1csc([C@H]2O[C@@H](CO)[C@@H](O)[C@@H]2O)n1. The Morgan fingerprint density at radius 1 is 1.53 bits per heavy atom. The van der Waals surface area contributed by atoms with Crippen molar-refractivity contribution in [2.75, 3.05) is 6.61 Å². The quantitative estimate of drug-likeness (QED) is 0.518. The Bertz CT molecular complexity index is 423. The molecule has 8 heteroatoms. The van der Waals surface area contributed by atoms with Gasteiger partial charge in [0.25, 0.3) is 5.91 Å². The van der Waals surface area contributed by atoms with Gasteiger partial charge in [-0.3, -0.25) is 4.79 Å². The molecule has 0 saturated carbocycles. The predicted octanol–water partition coefficient (Wildman–Crippen LogP) is -1.60. The van der Waals surface area contributed by atoms with Crippen molar-refractivity contribution in [2.24, 2.45) is 5.73 Å². The average molecular weight is 260 g/mol. The van der Waals surface area contributed by atoms with E-state index >= 15 is 0 Å². The number of hydrogen-bond donors (Lipinski definition) is 4. The number of amides is 1. The highest BCUT2D eigenvalue weighted by atomic mass is 32.1. The number of carbonyl (C=O) groups excluding carboxylic acids is 1. The van der Waals surface area contributed by atoms with Gasteiger partial charge >= 0.3 is 0 Å². The van der Waals surface area contributed by atoms with Crippen molar-refractivity contribution in [3.05, 3.63) is 16.1 Å².